The molecule has 1 aromatic heterocycles. The quantitative estimate of drug-likeness (QED) is 0.475. The van der Waals surface area contributed by atoms with E-state index in [0.717, 1.165) is 39.3 Å². The van der Waals surface area contributed by atoms with Crippen LogP contribution in [0.2, 0.25) is 0 Å². The zero-order chi connectivity index (χ0) is 18.6. The lowest BCUT2D eigenvalue weighted by molar-refractivity contribution is 0.102. The highest BCUT2D eigenvalue weighted by atomic mass is 16.1. The average molecular weight is 352 g/mol. The molecule has 3 aromatic carbocycles. The highest BCUT2D eigenvalue weighted by Gasteiger charge is 2.14. The van der Waals surface area contributed by atoms with Crippen LogP contribution < -0.4 is 5.32 Å². The number of hydrogen-bond donors (Lipinski definition) is 1. The van der Waals surface area contributed by atoms with Gasteiger partial charge >= 0.3 is 0 Å². The first-order valence-corrected chi connectivity index (χ1v) is 9.04. The number of pyridine rings is 1. The van der Waals surface area contributed by atoms with E-state index in [1.807, 2.05) is 67.6 Å². The van der Waals surface area contributed by atoms with Crippen molar-refractivity contribution in [3.8, 4) is 0 Å². The first-order chi connectivity index (χ1) is 13.3. The SMILES string of the molecule is CC=CCc1cc2ccccc2cc1C(=O)Nc1cccc2cccnc12. The normalized spacial score (nSPS) is 11.3. The summed E-state index contributed by atoms with van der Waals surface area (Å²) in [5.41, 5.74) is 3.23. The maximum atomic E-state index is 13.1. The predicted octanol–water partition coefficient (Wildman–Crippen LogP) is 5.76. The van der Waals surface area contributed by atoms with Crippen LogP contribution in [0.3, 0.4) is 0 Å². The topological polar surface area (TPSA) is 42.0 Å². The van der Waals surface area contributed by atoms with Crippen LogP contribution in [0.1, 0.15) is 22.8 Å². The number of carbonyl (C=O) groups is 1. The van der Waals surface area contributed by atoms with Crippen molar-refractivity contribution in [1.82, 2.24) is 4.98 Å². The van der Waals surface area contributed by atoms with Gasteiger partial charge in [0.15, 0.2) is 0 Å². The Morgan fingerprint density at radius 2 is 1.70 bits per heavy atom. The molecule has 0 bridgehead atoms. The summed E-state index contributed by atoms with van der Waals surface area (Å²) < 4.78 is 0. The fraction of sp³-hybridized carbons (Fsp3) is 0.0833. The molecule has 0 fully saturated rings. The van der Waals surface area contributed by atoms with Gasteiger partial charge in [0.2, 0.25) is 0 Å². The molecule has 4 aromatic rings. The maximum Gasteiger partial charge on any atom is 0.256 e. The van der Waals surface area contributed by atoms with Crippen LogP contribution in [0.15, 0.2) is 85.1 Å². The van der Waals surface area contributed by atoms with Gasteiger partial charge in [-0.25, -0.2) is 0 Å². The number of para-hydroxylation sites is 1. The number of allylic oxidation sites excluding steroid dienone is 2. The van der Waals surface area contributed by atoms with Gasteiger partial charge in [0.05, 0.1) is 11.2 Å². The molecule has 1 N–H and O–H groups in total. The van der Waals surface area contributed by atoms with Gasteiger partial charge in [-0.05, 0) is 47.9 Å². The summed E-state index contributed by atoms with van der Waals surface area (Å²) >= 11 is 0. The van der Waals surface area contributed by atoms with Gasteiger partial charge in [0.1, 0.15) is 0 Å². The Morgan fingerprint density at radius 1 is 0.963 bits per heavy atom. The van der Waals surface area contributed by atoms with Crippen molar-refractivity contribution in [3.63, 3.8) is 0 Å². The summed E-state index contributed by atoms with van der Waals surface area (Å²) in [6.45, 7) is 1.99. The summed E-state index contributed by atoms with van der Waals surface area (Å²) in [5, 5.41) is 6.26. The lowest BCUT2D eigenvalue weighted by atomic mass is 9.98. The van der Waals surface area contributed by atoms with Crippen molar-refractivity contribution in [2.75, 3.05) is 5.32 Å². The van der Waals surface area contributed by atoms with Gasteiger partial charge in [-0.2, -0.15) is 0 Å². The molecule has 132 valence electrons. The molecule has 3 heteroatoms. The summed E-state index contributed by atoms with van der Waals surface area (Å²) in [6.07, 6.45) is 6.54. The molecule has 27 heavy (non-hydrogen) atoms. The molecule has 0 saturated carbocycles. The second-order valence-electron chi connectivity index (χ2n) is 6.46. The number of carbonyl (C=O) groups excluding carboxylic acids is 1. The van der Waals surface area contributed by atoms with Crippen molar-refractivity contribution in [1.29, 1.82) is 0 Å². The zero-order valence-electron chi connectivity index (χ0n) is 15.1. The number of aromatic nitrogens is 1. The summed E-state index contributed by atoms with van der Waals surface area (Å²) in [4.78, 5) is 17.5. The molecular formula is C24H20N2O. The molecule has 3 nitrogen and oxygen atoms in total. The van der Waals surface area contributed by atoms with Crippen LogP contribution in [0.4, 0.5) is 5.69 Å². The summed E-state index contributed by atoms with van der Waals surface area (Å²) in [6, 6.07) is 21.9. The lowest BCUT2D eigenvalue weighted by Crippen LogP contribution is -2.14. The van der Waals surface area contributed by atoms with Gasteiger partial charge in [0.25, 0.3) is 5.91 Å². The third-order valence-corrected chi connectivity index (χ3v) is 4.67. The molecule has 0 aliphatic carbocycles. The first-order valence-electron chi connectivity index (χ1n) is 9.04. The van der Waals surface area contributed by atoms with Gasteiger partial charge in [-0.15, -0.1) is 0 Å². The van der Waals surface area contributed by atoms with Crippen LogP contribution >= 0.6 is 0 Å². The third kappa shape index (κ3) is 3.44. The largest absolute Gasteiger partial charge is 0.320 e. The van der Waals surface area contributed by atoms with Crippen LogP contribution in [-0.4, -0.2) is 10.9 Å². The van der Waals surface area contributed by atoms with Gasteiger partial charge in [-0.1, -0.05) is 60.7 Å². The number of amides is 1. The van der Waals surface area contributed by atoms with Crippen LogP contribution in [0, 0.1) is 0 Å². The van der Waals surface area contributed by atoms with E-state index in [0.29, 0.717) is 5.56 Å². The molecule has 0 atom stereocenters. The van der Waals surface area contributed by atoms with E-state index in [9.17, 15) is 4.79 Å². The predicted molar refractivity (Wildman–Crippen MR) is 112 cm³/mol. The molecule has 0 saturated heterocycles. The number of benzene rings is 3. The Hall–Kier alpha value is -3.46. The standard InChI is InChI=1S/C24H20N2O/c1-2-3-8-20-15-18-9-4-5-10-19(18)16-21(20)24(27)26-22-13-6-11-17-12-7-14-25-23(17)22/h2-7,9-16H,8H2,1H3,(H,26,27). The number of nitrogens with one attached hydrogen (secondary N) is 1. The van der Waals surface area contributed by atoms with Crippen molar-refractivity contribution < 1.29 is 4.79 Å². The van der Waals surface area contributed by atoms with Crippen LogP contribution in [0.5, 0.6) is 0 Å². The van der Waals surface area contributed by atoms with E-state index in [1.54, 1.807) is 6.20 Å². The minimum atomic E-state index is -0.113. The number of nitrogens with zero attached hydrogens (tertiary/aromatic N) is 1. The molecule has 0 spiro atoms. The van der Waals surface area contributed by atoms with Crippen LogP contribution in [0.25, 0.3) is 21.7 Å². The maximum absolute atomic E-state index is 13.1. The van der Waals surface area contributed by atoms with E-state index in [4.69, 9.17) is 0 Å². The fourth-order valence-corrected chi connectivity index (χ4v) is 3.31. The molecule has 0 aliphatic rings. The zero-order valence-corrected chi connectivity index (χ0v) is 15.1. The van der Waals surface area contributed by atoms with Crippen molar-refractivity contribution in [2.45, 2.75) is 13.3 Å². The Morgan fingerprint density at radius 3 is 2.52 bits per heavy atom. The second-order valence-corrected chi connectivity index (χ2v) is 6.46. The third-order valence-electron chi connectivity index (χ3n) is 4.67. The number of fused-ring (bicyclic) bond motifs is 2. The van der Waals surface area contributed by atoms with Gasteiger partial charge in [-0.3, -0.25) is 9.78 Å². The van der Waals surface area contributed by atoms with E-state index in [-0.39, 0.29) is 5.91 Å². The second kappa shape index (κ2) is 7.42. The van der Waals surface area contributed by atoms with Crippen molar-refractivity contribution in [2.24, 2.45) is 0 Å². The smallest absolute Gasteiger partial charge is 0.256 e. The number of anilines is 1. The Kier molecular flexibility index (Phi) is 4.67. The summed E-state index contributed by atoms with van der Waals surface area (Å²) in [7, 11) is 0. The molecule has 0 unspecified atom stereocenters. The Balaban J connectivity index is 1.77. The monoisotopic (exact) mass is 352 g/mol. The minimum Gasteiger partial charge on any atom is -0.320 e. The van der Waals surface area contributed by atoms with Gasteiger partial charge < -0.3 is 5.32 Å². The minimum absolute atomic E-state index is 0.113. The molecule has 1 amide bonds. The van der Waals surface area contributed by atoms with Crippen molar-refractivity contribution >= 4 is 33.3 Å². The van der Waals surface area contributed by atoms with E-state index < -0.39 is 0 Å². The molecule has 4 rings (SSSR count). The fourth-order valence-electron chi connectivity index (χ4n) is 3.31. The highest BCUT2D eigenvalue weighted by molar-refractivity contribution is 6.10. The molecular weight excluding hydrogens is 332 g/mol. The first kappa shape index (κ1) is 17.0. The lowest BCUT2D eigenvalue weighted by Gasteiger charge is -2.12. The van der Waals surface area contributed by atoms with Crippen LogP contribution in [-0.2, 0) is 6.42 Å². The number of rotatable bonds is 4. The Labute approximate surface area is 158 Å². The van der Waals surface area contributed by atoms with E-state index >= 15 is 0 Å². The van der Waals surface area contributed by atoms with Crippen molar-refractivity contribution in [3.05, 3.63) is 96.2 Å². The Bertz CT molecular complexity index is 1160. The summed E-state index contributed by atoms with van der Waals surface area (Å²) in [5.74, 6) is -0.113. The number of hydrogen-bond acceptors (Lipinski definition) is 2. The van der Waals surface area contributed by atoms with E-state index in [2.05, 4.69) is 28.5 Å². The molecule has 1 heterocycles. The van der Waals surface area contributed by atoms with Gasteiger partial charge in [0, 0.05) is 17.1 Å². The average Bonchev–Trinajstić information content (AvgIpc) is 2.71. The highest BCUT2D eigenvalue weighted by Crippen LogP contribution is 2.25. The molecule has 0 aliphatic heterocycles. The van der Waals surface area contributed by atoms with E-state index in [1.165, 1.54) is 0 Å². The molecule has 0 radical (unpaired) electrons.